The van der Waals surface area contributed by atoms with E-state index in [4.69, 9.17) is 11.6 Å². The molecule has 0 atom stereocenters. The number of rotatable bonds is 5. The Morgan fingerprint density at radius 2 is 2.32 bits per heavy atom. The summed E-state index contributed by atoms with van der Waals surface area (Å²) in [5, 5.41) is 17.8. The second kappa shape index (κ2) is 6.86. The maximum atomic E-state index is 11.7. The van der Waals surface area contributed by atoms with Crippen LogP contribution in [0.4, 0.5) is 5.69 Å². The number of hydrogen-bond donors (Lipinski definition) is 1. The van der Waals surface area contributed by atoms with Gasteiger partial charge < -0.3 is 5.32 Å². The zero-order chi connectivity index (χ0) is 16.1. The lowest BCUT2D eigenvalue weighted by atomic mass is 10.2. The quantitative estimate of drug-likeness (QED) is 0.520. The molecule has 1 amide bonds. The van der Waals surface area contributed by atoms with Gasteiger partial charge in [-0.05, 0) is 11.6 Å². The molecule has 0 spiro atoms. The van der Waals surface area contributed by atoms with Crippen LogP contribution in [-0.2, 0) is 18.4 Å². The van der Waals surface area contributed by atoms with E-state index < -0.39 is 4.92 Å². The Morgan fingerprint density at radius 3 is 2.95 bits per heavy atom. The Balaban J connectivity index is 1.97. The van der Waals surface area contributed by atoms with Gasteiger partial charge in [-0.3, -0.25) is 19.6 Å². The van der Waals surface area contributed by atoms with Gasteiger partial charge in [0.1, 0.15) is 0 Å². The van der Waals surface area contributed by atoms with Gasteiger partial charge in [-0.2, -0.15) is 5.10 Å². The van der Waals surface area contributed by atoms with Gasteiger partial charge in [0.15, 0.2) is 0 Å². The van der Waals surface area contributed by atoms with Crippen LogP contribution in [0.15, 0.2) is 36.5 Å². The molecule has 2 rings (SSSR count). The maximum Gasteiger partial charge on any atom is 0.270 e. The van der Waals surface area contributed by atoms with E-state index in [0.29, 0.717) is 16.3 Å². The van der Waals surface area contributed by atoms with Crippen molar-refractivity contribution in [2.75, 3.05) is 0 Å². The van der Waals surface area contributed by atoms with Crippen molar-refractivity contribution in [2.24, 2.45) is 7.05 Å². The van der Waals surface area contributed by atoms with E-state index in [0.717, 1.165) is 0 Å². The first-order valence-corrected chi connectivity index (χ1v) is 6.72. The lowest BCUT2D eigenvalue weighted by Crippen LogP contribution is -2.22. The van der Waals surface area contributed by atoms with Crippen molar-refractivity contribution in [3.8, 4) is 0 Å². The summed E-state index contributed by atoms with van der Waals surface area (Å²) in [7, 11) is 1.73. The highest BCUT2D eigenvalue weighted by Gasteiger charge is 2.07. The SMILES string of the molecule is Cn1ncc(Cl)c1CNC(=O)/C=C/c1cccc([N+](=O)[O-])c1. The van der Waals surface area contributed by atoms with E-state index in [1.54, 1.807) is 23.9 Å². The summed E-state index contributed by atoms with van der Waals surface area (Å²) in [6.45, 7) is 0.243. The molecule has 0 aliphatic carbocycles. The van der Waals surface area contributed by atoms with E-state index in [2.05, 4.69) is 10.4 Å². The first-order valence-electron chi connectivity index (χ1n) is 6.34. The molecule has 1 aromatic heterocycles. The molecule has 2 aromatic rings. The predicted molar refractivity (Wildman–Crippen MR) is 82.2 cm³/mol. The number of carbonyl (C=O) groups excluding carboxylic acids is 1. The number of halogens is 1. The van der Waals surface area contributed by atoms with Crippen molar-refractivity contribution in [1.82, 2.24) is 15.1 Å². The minimum atomic E-state index is -0.484. The molecule has 0 aliphatic rings. The molecule has 0 bridgehead atoms. The number of aryl methyl sites for hydroxylation is 1. The number of aromatic nitrogens is 2. The molecule has 1 aromatic carbocycles. The van der Waals surface area contributed by atoms with Gasteiger partial charge in [0.2, 0.25) is 5.91 Å². The summed E-state index contributed by atoms with van der Waals surface area (Å²) in [6.07, 6.45) is 4.32. The Hall–Kier alpha value is -2.67. The third kappa shape index (κ3) is 3.92. The lowest BCUT2D eigenvalue weighted by Gasteiger charge is -2.03. The third-order valence-corrected chi connectivity index (χ3v) is 3.26. The van der Waals surface area contributed by atoms with E-state index in [1.165, 1.54) is 30.5 Å². The molecular formula is C14H13ClN4O3. The van der Waals surface area contributed by atoms with Crippen molar-refractivity contribution in [2.45, 2.75) is 6.54 Å². The standard InChI is InChI=1S/C14H13ClN4O3/c1-18-13(12(15)8-17-18)9-16-14(20)6-5-10-3-2-4-11(7-10)19(21)22/h2-8H,9H2,1H3,(H,16,20)/b6-5+. The molecular weight excluding hydrogens is 308 g/mol. The Labute approximate surface area is 131 Å². The zero-order valence-electron chi connectivity index (χ0n) is 11.7. The first-order chi connectivity index (χ1) is 10.5. The topological polar surface area (TPSA) is 90.1 Å². The van der Waals surface area contributed by atoms with Crippen LogP contribution in [0.25, 0.3) is 6.08 Å². The molecule has 8 heteroatoms. The average molecular weight is 321 g/mol. The van der Waals surface area contributed by atoms with Gasteiger partial charge in [-0.1, -0.05) is 23.7 Å². The van der Waals surface area contributed by atoms with Crippen LogP contribution in [-0.4, -0.2) is 20.6 Å². The Kier molecular flexibility index (Phi) is 4.90. The molecule has 0 saturated carbocycles. The fourth-order valence-corrected chi connectivity index (χ4v) is 2.01. The molecule has 0 fully saturated rings. The summed E-state index contributed by atoms with van der Waals surface area (Å²) >= 11 is 5.93. The van der Waals surface area contributed by atoms with Gasteiger partial charge in [0.25, 0.3) is 5.69 Å². The molecule has 1 N–H and O–H groups in total. The summed E-state index contributed by atoms with van der Waals surface area (Å²) in [5.74, 6) is -0.330. The van der Waals surface area contributed by atoms with Crippen molar-refractivity contribution < 1.29 is 9.72 Å². The highest BCUT2D eigenvalue weighted by molar-refractivity contribution is 6.31. The highest BCUT2D eigenvalue weighted by atomic mass is 35.5. The van der Waals surface area contributed by atoms with Gasteiger partial charge >= 0.3 is 0 Å². The Bertz CT molecular complexity index is 720. The van der Waals surface area contributed by atoms with Crippen LogP contribution in [0.5, 0.6) is 0 Å². The van der Waals surface area contributed by atoms with E-state index in [1.807, 2.05) is 0 Å². The highest BCUT2D eigenvalue weighted by Crippen LogP contribution is 2.15. The number of nitrogens with zero attached hydrogens (tertiary/aromatic N) is 3. The minimum absolute atomic E-state index is 0.0239. The number of benzene rings is 1. The number of carbonyl (C=O) groups is 1. The molecule has 0 radical (unpaired) electrons. The monoisotopic (exact) mass is 320 g/mol. The van der Waals surface area contributed by atoms with E-state index in [9.17, 15) is 14.9 Å². The van der Waals surface area contributed by atoms with Crippen molar-refractivity contribution in [3.05, 3.63) is 62.9 Å². The third-order valence-electron chi connectivity index (χ3n) is 2.95. The maximum absolute atomic E-state index is 11.7. The first kappa shape index (κ1) is 15.7. The van der Waals surface area contributed by atoms with Crippen molar-refractivity contribution in [3.63, 3.8) is 0 Å². The van der Waals surface area contributed by atoms with Gasteiger partial charge in [0.05, 0.1) is 28.4 Å². The molecule has 7 nitrogen and oxygen atoms in total. The number of non-ortho nitro benzene ring substituents is 1. The van der Waals surface area contributed by atoms with Crippen LogP contribution in [0.2, 0.25) is 5.02 Å². The summed E-state index contributed by atoms with van der Waals surface area (Å²) in [6, 6.07) is 6.02. The fraction of sp³-hybridized carbons (Fsp3) is 0.143. The fourth-order valence-electron chi connectivity index (χ4n) is 1.78. The lowest BCUT2D eigenvalue weighted by molar-refractivity contribution is -0.384. The van der Waals surface area contributed by atoms with Crippen molar-refractivity contribution >= 4 is 29.3 Å². The van der Waals surface area contributed by atoms with Crippen LogP contribution < -0.4 is 5.32 Å². The van der Waals surface area contributed by atoms with Crippen LogP contribution in [0.3, 0.4) is 0 Å². The molecule has 0 saturated heterocycles. The predicted octanol–water partition coefficient (Wildman–Crippen LogP) is 2.31. The summed E-state index contributed by atoms with van der Waals surface area (Å²) < 4.78 is 1.58. The normalized spacial score (nSPS) is 10.8. The second-order valence-electron chi connectivity index (χ2n) is 4.47. The van der Waals surface area contributed by atoms with Crippen molar-refractivity contribution in [1.29, 1.82) is 0 Å². The van der Waals surface area contributed by atoms with Gasteiger partial charge in [0, 0.05) is 25.3 Å². The van der Waals surface area contributed by atoms with E-state index in [-0.39, 0.29) is 18.1 Å². The Morgan fingerprint density at radius 1 is 1.55 bits per heavy atom. The molecule has 114 valence electrons. The summed E-state index contributed by atoms with van der Waals surface area (Å²) in [5.41, 5.74) is 1.24. The molecule has 0 aliphatic heterocycles. The number of hydrogen-bond acceptors (Lipinski definition) is 4. The van der Waals surface area contributed by atoms with Crippen LogP contribution in [0.1, 0.15) is 11.3 Å². The molecule has 0 unspecified atom stereocenters. The van der Waals surface area contributed by atoms with E-state index >= 15 is 0 Å². The van der Waals surface area contributed by atoms with Crippen LogP contribution in [0, 0.1) is 10.1 Å². The zero-order valence-corrected chi connectivity index (χ0v) is 12.4. The minimum Gasteiger partial charge on any atom is -0.347 e. The van der Waals surface area contributed by atoms with Crippen LogP contribution >= 0.6 is 11.6 Å². The second-order valence-corrected chi connectivity index (χ2v) is 4.87. The molecule has 1 heterocycles. The smallest absolute Gasteiger partial charge is 0.270 e. The number of nitro groups is 1. The van der Waals surface area contributed by atoms with Gasteiger partial charge in [-0.25, -0.2) is 0 Å². The number of nitro benzene ring substituents is 1. The average Bonchev–Trinajstić information content (AvgIpc) is 2.82. The van der Waals surface area contributed by atoms with Gasteiger partial charge in [-0.15, -0.1) is 0 Å². The largest absolute Gasteiger partial charge is 0.347 e. The summed E-state index contributed by atoms with van der Waals surface area (Å²) in [4.78, 5) is 21.9. The molecule has 22 heavy (non-hydrogen) atoms. The number of nitrogens with one attached hydrogen (secondary N) is 1. The number of amides is 1.